The number of carbonyl (C=O) groups excluding carboxylic acids is 4. The minimum Gasteiger partial charge on any atom is -0.469 e. The Balaban J connectivity index is 2.64. The van der Waals surface area contributed by atoms with E-state index in [4.69, 9.17) is 18.9 Å². The Morgan fingerprint density at radius 3 is 1.35 bits per heavy atom. The number of rotatable bonds is 4. The molecule has 0 aliphatic carbocycles. The zero-order valence-corrected chi connectivity index (χ0v) is 13.3. The van der Waals surface area contributed by atoms with E-state index < -0.39 is 46.8 Å². The van der Waals surface area contributed by atoms with Crippen LogP contribution in [-0.2, 0) is 38.1 Å². The Hall–Kier alpha value is -2.16. The molecule has 0 amide bonds. The molecule has 4 atom stereocenters. The van der Waals surface area contributed by atoms with Gasteiger partial charge in [0.05, 0.1) is 28.4 Å². The minimum atomic E-state index is -1.53. The first-order valence-electron chi connectivity index (χ1n) is 6.96. The van der Waals surface area contributed by atoms with Gasteiger partial charge < -0.3 is 18.9 Å². The highest BCUT2D eigenvalue weighted by atomic mass is 16.5. The van der Waals surface area contributed by atoms with Gasteiger partial charge in [0.2, 0.25) is 0 Å². The van der Waals surface area contributed by atoms with E-state index in [2.05, 4.69) is 5.32 Å². The molecule has 0 spiro atoms. The second-order valence-corrected chi connectivity index (χ2v) is 5.55. The highest BCUT2D eigenvalue weighted by molar-refractivity contribution is 6.01. The number of hydrogen-bond acceptors (Lipinski definition) is 9. The molecule has 2 heterocycles. The SMILES string of the molecule is COC(=O)[C@H]1[C@H](C(=O)OC)[C@]2(C(=O)OC)CC[C@@]1(C(=O)OC)N2. The fourth-order valence-electron chi connectivity index (χ4n) is 3.81. The van der Waals surface area contributed by atoms with Crippen molar-refractivity contribution in [3.05, 3.63) is 0 Å². The van der Waals surface area contributed by atoms with E-state index in [0.29, 0.717) is 0 Å². The van der Waals surface area contributed by atoms with Gasteiger partial charge in [0.15, 0.2) is 0 Å². The van der Waals surface area contributed by atoms with Crippen molar-refractivity contribution in [2.24, 2.45) is 11.8 Å². The van der Waals surface area contributed by atoms with Crippen LogP contribution in [0.15, 0.2) is 0 Å². The van der Waals surface area contributed by atoms with Crippen LogP contribution in [0.4, 0.5) is 0 Å². The molecule has 9 heteroatoms. The van der Waals surface area contributed by atoms with Crippen molar-refractivity contribution in [2.75, 3.05) is 28.4 Å². The molecule has 2 bridgehead atoms. The van der Waals surface area contributed by atoms with Gasteiger partial charge in [-0.15, -0.1) is 0 Å². The van der Waals surface area contributed by atoms with Crippen LogP contribution in [0.3, 0.4) is 0 Å². The molecule has 2 aliphatic heterocycles. The molecule has 0 aromatic heterocycles. The van der Waals surface area contributed by atoms with Crippen LogP contribution in [0, 0.1) is 11.8 Å². The number of carbonyl (C=O) groups is 4. The Kier molecular flexibility index (Phi) is 4.34. The number of ether oxygens (including phenoxy) is 4. The van der Waals surface area contributed by atoms with Gasteiger partial charge in [-0.25, -0.2) is 0 Å². The van der Waals surface area contributed by atoms with Crippen molar-refractivity contribution in [2.45, 2.75) is 23.9 Å². The first-order valence-corrected chi connectivity index (χ1v) is 6.96. The number of methoxy groups -OCH3 is 4. The molecular formula is C14H19NO8. The molecule has 0 unspecified atom stereocenters. The molecular weight excluding hydrogens is 310 g/mol. The van der Waals surface area contributed by atoms with E-state index in [0.717, 1.165) is 28.4 Å². The molecule has 2 aliphatic rings. The van der Waals surface area contributed by atoms with Crippen LogP contribution >= 0.6 is 0 Å². The van der Waals surface area contributed by atoms with Crippen molar-refractivity contribution in [3.8, 4) is 0 Å². The predicted octanol–water partition coefficient (Wildman–Crippen LogP) is -1.21. The Bertz CT molecular complexity index is 513. The van der Waals surface area contributed by atoms with E-state index in [1.54, 1.807) is 0 Å². The first kappa shape index (κ1) is 17.2. The lowest BCUT2D eigenvalue weighted by Crippen LogP contribution is -2.54. The zero-order chi connectivity index (χ0) is 17.4. The van der Waals surface area contributed by atoms with E-state index >= 15 is 0 Å². The molecule has 2 saturated heterocycles. The van der Waals surface area contributed by atoms with Crippen molar-refractivity contribution in [1.29, 1.82) is 0 Å². The van der Waals surface area contributed by atoms with Crippen LogP contribution in [0.2, 0.25) is 0 Å². The average molecular weight is 329 g/mol. The van der Waals surface area contributed by atoms with Crippen molar-refractivity contribution >= 4 is 23.9 Å². The number of nitrogens with one attached hydrogen (secondary N) is 1. The quantitative estimate of drug-likeness (QED) is 0.500. The Morgan fingerprint density at radius 2 is 1.09 bits per heavy atom. The van der Waals surface area contributed by atoms with Gasteiger partial charge >= 0.3 is 23.9 Å². The summed E-state index contributed by atoms with van der Waals surface area (Å²) < 4.78 is 19.1. The van der Waals surface area contributed by atoms with Gasteiger partial charge in [0.25, 0.3) is 0 Å². The topological polar surface area (TPSA) is 117 Å². The van der Waals surface area contributed by atoms with Crippen LogP contribution < -0.4 is 5.32 Å². The summed E-state index contributed by atoms with van der Waals surface area (Å²) in [6.07, 6.45) is 0.254. The highest BCUT2D eigenvalue weighted by Gasteiger charge is 2.77. The highest BCUT2D eigenvalue weighted by Crippen LogP contribution is 2.54. The van der Waals surface area contributed by atoms with Gasteiger partial charge in [-0.2, -0.15) is 0 Å². The molecule has 23 heavy (non-hydrogen) atoms. The van der Waals surface area contributed by atoms with Crippen molar-refractivity contribution in [1.82, 2.24) is 5.32 Å². The van der Waals surface area contributed by atoms with Crippen LogP contribution in [0.25, 0.3) is 0 Å². The normalized spacial score (nSPS) is 34.6. The lowest BCUT2D eigenvalue weighted by Gasteiger charge is -2.34. The largest absolute Gasteiger partial charge is 0.469 e. The lowest BCUT2D eigenvalue weighted by molar-refractivity contribution is -0.169. The summed E-state index contributed by atoms with van der Waals surface area (Å²) in [6.45, 7) is 0. The van der Waals surface area contributed by atoms with Crippen LogP contribution in [-0.4, -0.2) is 63.4 Å². The third-order valence-corrected chi connectivity index (χ3v) is 4.76. The Morgan fingerprint density at radius 1 is 0.739 bits per heavy atom. The third-order valence-electron chi connectivity index (χ3n) is 4.76. The Labute approximate surface area is 132 Å². The fourth-order valence-corrected chi connectivity index (χ4v) is 3.81. The third kappa shape index (κ3) is 2.10. The van der Waals surface area contributed by atoms with E-state index in [-0.39, 0.29) is 12.8 Å². The maximum Gasteiger partial charge on any atom is 0.327 e. The molecule has 2 rings (SSSR count). The summed E-state index contributed by atoms with van der Waals surface area (Å²) in [7, 11) is 4.60. The van der Waals surface area contributed by atoms with Gasteiger partial charge in [0.1, 0.15) is 22.9 Å². The summed E-state index contributed by atoms with van der Waals surface area (Å²) in [5.41, 5.74) is -3.07. The minimum absolute atomic E-state index is 0.127. The van der Waals surface area contributed by atoms with Crippen LogP contribution in [0.5, 0.6) is 0 Å². The predicted molar refractivity (Wildman–Crippen MR) is 72.9 cm³/mol. The van der Waals surface area contributed by atoms with Crippen molar-refractivity contribution in [3.63, 3.8) is 0 Å². The van der Waals surface area contributed by atoms with Crippen molar-refractivity contribution < 1.29 is 38.1 Å². The molecule has 0 radical (unpaired) electrons. The monoisotopic (exact) mass is 329 g/mol. The van der Waals surface area contributed by atoms with Gasteiger partial charge in [0, 0.05) is 0 Å². The molecule has 128 valence electrons. The van der Waals surface area contributed by atoms with E-state index in [1.807, 2.05) is 0 Å². The molecule has 0 aromatic carbocycles. The van der Waals surface area contributed by atoms with Gasteiger partial charge in [-0.05, 0) is 12.8 Å². The summed E-state index contributed by atoms with van der Waals surface area (Å²) in [6, 6.07) is 0. The lowest BCUT2D eigenvalue weighted by atomic mass is 9.66. The van der Waals surface area contributed by atoms with Crippen LogP contribution in [0.1, 0.15) is 12.8 Å². The fraction of sp³-hybridized carbons (Fsp3) is 0.714. The molecule has 2 fully saturated rings. The smallest absolute Gasteiger partial charge is 0.327 e. The van der Waals surface area contributed by atoms with E-state index in [9.17, 15) is 19.2 Å². The number of hydrogen-bond donors (Lipinski definition) is 1. The maximum atomic E-state index is 12.3. The number of fused-ring (bicyclic) bond motifs is 2. The first-order chi connectivity index (χ1) is 10.8. The maximum absolute atomic E-state index is 12.3. The molecule has 0 aromatic rings. The van der Waals surface area contributed by atoms with Gasteiger partial charge in [-0.3, -0.25) is 24.5 Å². The number of esters is 4. The standard InChI is InChI=1S/C14H19NO8/c1-20-9(16)7-8(10(17)21-2)14(12(19)23-4)6-5-13(7,15-14)11(18)22-3/h7-8,15H,5-6H2,1-4H3/t7-,8-,13-,14+/m1/s1. The second kappa shape index (κ2) is 5.80. The van der Waals surface area contributed by atoms with Gasteiger partial charge in [-0.1, -0.05) is 0 Å². The summed E-state index contributed by atoms with van der Waals surface area (Å²) >= 11 is 0. The summed E-state index contributed by atoms with van der Waals surface area (Å²) in [5.74, 6) is -5.59. The zero-order valence-electron chi connectivity index (χ0n) is 13.3. The molecule has 1 N–H and O–H groups in total. The summed E-state index contributed by atoms with van der Waals surface area (Å²) in [5, 5.41) is 2.84. The molecule has 0 saturated carbocycles. The molecule has 9 nitrogen and oxygen atoms in total. The average Bonchev–Trinajstić information content (AvgIpc) is 3.12. The summed E-state index contributed by atoms with van der Waals surface area (Å²) in [4.78, 5) is 49.2. The van der Waals surface area contributed by atoms with E-state index in [1.165, 1.54) is 0 Å². The second-order valence-electron chi connectivity index (χ2n) is 5.55.